The number of aliphatic hydroxyl groups is 1. The number of halogens is 1. The first-order chi connectivity index (χ1) is 9.58. The molecule has 0 saturated heterocycles. The Morgan fingerprint density at radius 2 is 2.00 bits per heavy atom. The van der Waals surface area contributed by atoms with Crippen molar-refractivity contribution in [3.8, 4) is 0 Å². The summed E-state index contributed by atoms with van der Waals surface area (Å²) in [5.74, 6) is -0.229. The Balaban J connectivity index is 2.26. The van der Waals surface area contributed by atoms with Crippen LogP contribution in [0.15, 0.2) is 18.2 Å². The molecule has 0 aliphatic heterocycles. The predicted octanol–water partition coefficient (Wildman–Crippen LogP) is 2.49. The molecule has 1 atom stereocenters. The molecule has 0 aromatic heterocycles. The summed E-state index contributed by atoms with van der Waals surface area (Å²) in [6.07, 6.45) is 0.486. The van der Waals surface area contributed by atoms with Gasteiger partial charge >= 0.3 is 0 Å². The number of aliphatic hydroxyl groups excluding tert-OH is 1. The zero-order chi connectivity index (χ0) is 15.0. The second-order valence-electron chi connectivity index (χ2n) is 5.11. The Labute approximate surface area is 121 Å². The Hall–Kier alpha value is -0.970. The van der Waals surface area contributed by atoms with Crippen molar-refractivity contribution in [3.63, 3.8) is 0 Å². The zero-order valence-electron chi connectivity index (χ0n) is 12.8. The molecular formula is C16H27FN2O. The second-order valence-corrected chi connectivity index (χ2v) is 5.11. The van der Waals surface area contributed by atoms with E-state index >= 15 is 0 Å². The van der Waals surface area contributed by atoms with Crippen LogP contribution >= 0.6 is 0 Å². The first kappa shape index (κ1) is 17.1. The minimum atomic E-state index is -0.581. The third-order valence-electron chi connectivity index (χ3n) is 3.63. The monoisotopic (exact) mass is 282 g/mol. The van der Waals surface area contributed by atoms with Crippen LogP contribution in [0.2, 0.25) is 0 Å². The zero-order valence-corrected chi connectivity index (χ0v) is 12.8. The molecule has 1 unspecified atom stereocenters. The molecule has 0 aliphatic rings. The third kappa shape index (κ3) is 5.57. The van der Waals surface area contributed by atoms with Gasteiger partial charge in [-0.05, 0) is 56.7 Å². The van der Waals surface area contributed by atoms with Crippen molar-refractivity contribution in [2.24, 2.45) is 0 Å². The molecule has 1 rings (SSSR count). The number of hydrogen-bond acceptors (Lipinski definition) is 3. The standard InChI is InChI=1S/C16H27FN2O/c1-4-19(5-2)10-6-9-18-12-16(20)14-7-8-15(17)13(3)11-14/h7-8,11,16,18,20H,4-6,9-10,12H2,1-3H3. The van der Waals surface area contributed by atoms with Crippen LogP contribution in [0.5, 0.6) is 0 Å². The topological polar surface area (TPSA) is 35.5 Å². The van der Waals surface area contributed by atoms with Crippen LogP contribution in [0.1, 0.15) is 37.5 Å². The van der Waals surface area contributed by atoms with Crippen molar-refractivity contribution in [1.82, 2.24) is 10.2 Å². The maximum atomic E-state index is 13.2. The molecule has 4 heteroatoms. The molecule has 0 spiro atoms. The number of aryl methyl sites for hydroxylation is 1. The van der Waals surface area contributed by atoms with Crippen molar-refractivity contribution < 1.29 is 9.50 Å². The summed E-state index contributed by atoms with van der Waals surface area (Å²) >= 11 is 0. The fourth-order valence-electron chi connectivity index (χ4n) is 2.20. The summed E-state index contributed by atoms with van der Waals surface area (Å²) < 4.78 is 13.2. The highest BCUT2D eigenvalue weighted by molar-refractivity contribution is 5.25. The van der Waals surface area contributed by atoms with Crippen LogP contribution < -0.4 is 5.32 Å². The van der Waals surface area contributed by atoms with Gasteiger partial charge in [-0.2, -0.15) is 0 Å². The smallest absolute Gasteiger partial charge is 0.126 e. The van der Waals surface area contributed by atoms with E-state index in [0.29, 0.717) is 12.1 Å². The molecule has 20 heavy (non-hydrogen) atoms. The number of nitrogens with zero attached hydrogens (tertiary/aromatic N) is 1. The van der Waals surface area contributed by atoms with E-state index < -0.39 is 6.10 Å². The van der Waals surface area contributed by atoms with E-state index in [1.54, 1.807) is 19.1 Å². The summed E-state index contributed by atoms with van der Waals surface area (Å²) in [6.45, 7) is 10.7. The summed E-state index contributed by atoms with van der Waals surface area (Å²) in [4.78, 5) is 2.38. The number of nitrogens with one attached hydrogen (secondary N) is 1. The highest BCUT2D eigenvalue weighted by Gasteiger charge is 2.08. The maximum Gasteiger partial charge on any atom is 0.126 e. The van der Waals surface area contributed by atoms with Gasteiger partial charge in [-0.3, -0.25) is 0 Å². The predicted molar refractivity (Wildman–Crippen MR) is 81.4 cm³/mol. The summed E-state index contributed by atoms with van der Waals surface area (Å²) in [5.41, 5.74) is 1.34. The van der Waals surface area contributed by atoms with Gasteiger partial charge in [0.05, 0.1) is 6.10 Å². The maximum absolute atomic E-state index is 13.2. The van der Waals surface area contributed by atoms with Crippen LogP contribution in [-0.4, -0.2) is 42.7 Å². The van der Waals surface area contributed by atoms with Crippen LogP contribution in [-0.2, 0) is 0 Å². The van der Waals surface area contributed by atoms with Crippen molar-refractivity contribution in [3.05, 3.63) is 35.1 Å². The van der Waals surface area contributed by atoms with E-state index in [2.05, 4.69) is 24.1 Å². The van der Waals surface area contributed by atoms with Gasteiger partial charge in [-0.1, -0.05) is 26.0 Å². The lowest BCUT2D eigenvalue weighted by Gasteiger charge is -2.18. The molecular weight excluding hydrogens is 255 g/mol. The lowest BCUT2D eigenvalue weighted by atomic mass is 10.1. The summed E-state index contributed by atoms with van der Waals surface area (Å²) in [7, 11) is 0. The molecule has 0 radical (unpaired) electrons. The van der Waals surface area contributed by atoms with E-state index in [-0.39, 0.29) is 5.82 Å². The van der Waals surface area contributed by atoms with E-state index in [0.717, 1.165) is 38.2 Å². The second kappa shape index (κ2) is 9.06. The molecule has 0 aliphatic carbocycles. The van der Waals surface area contributed by atoms with E-state index in [9.17, 15) is 9.50 Å². The summed E-state index contributed by atoms with van der Waals surface area (Å²) in [6, 6.07) is 4.76. The number of rotatable bonds is 9. The number of hydrogen-bond donors (Lipinski definition) is 2. The Kier molecular flexibility index (Phi) is 7.73. The molecule has 3 nitrogen and oxygen atoms in total. The lowest BCUT2D eigenvalue weighted by molar-refractivity contribution is 0.174. The Morgan fingerprint density at radius 3 is 2.60 bits per heavy atom. The van der Waals surface area contributed by atoms with Crippen molar-refractivity contribution >= 4 is 0 Å². The fraction of sp³-hybridized carbons (Fsp3) is 0.625. The molecule has 0 fully saturated rings. The van der Waals surface area contributed by atoms with Crippen LogP contribution in [0.4, 0.5) is 4.39 Å². The molecule has 1 aromatic rings. The van der Waals surface area contributed by atoms with E-state index in [1.807, 2.05) is 0 Å². The molecule has 0 saturated carbocycles. The van der Waals surface area contributed by atoms with Gasteiger partial charge in [0, 0.05) is 6.54 Å². The van der Waals surface area contributed by atoms with Crippen LogP contribution in [0, 0.1) is 12.7 Å². The highest BCUT2D eigenvalue weighted by Crippen LogP contribution is 2.15. The minimum Gasteiger partial charge on any atom is -0.387 e. The summed E-state index contributed by atoms with van der Waals surface area (Å²) in [5, 5.41) is 13.3. The van der Waals surface area contributed by atoms with Gasteiger partial charge in [0.1, 0.15) is 5.82 Å². The number of benzene rings is 1. The molecule has 1 aromatic carbocycles. The van der Waals surface area contributed by atoms with Gasteiger partial charge in [0.2, 0.25) is 0 Å². The van der Waals surface area contributed by atoms with Gasteiger partial charge in [0.25, 0.3) is 0 Å². The molecule has 0 bridgehead atoms. The SMILES string of the molecule is CCN(CC)CCCNCC(O)c1ccc(F)c(C)c1. The minimum absolute atomic E-state index is 0.229. The largest absolute Gasteiger partial charge is 0.387 e. The molecule has 2 N–H and O–H groups in total. The van der Waals surface area contributed by atoms with Gasteiger partial charge in [-0.15, -0.1) is 0 Å². The third-order valence-corrected chi connectivity index (χ3v) is 3.63. The lowest BCUT2D eigenvalue weighted by Crippen LogP contribution is -2.28. The average molecular weight is 282 g/mol. The fourth-order valence-corrected chi connectivity index (χ4v) is 2.20. The quantitative estimate of drug-likeness (QED) is 0.683. The van der Waals surface area contributed by atoms with Gasteiger partial charge in [-0.25, -0.2) is 4.39 Å². The highest BCUT2D eigenvalue weighted by atomic mass is 19.1. The Bertz CT molecular complexity index is 394. The molecule has 0 amide bonds. The first-order valence-electron chi connectivity index (χ1n) is 7.45. The van der Waals surface area contributed by atoms with Crippen molar-refractivity contribution in [1.29, 1.82) is 0 Å². The molecule has 0 heterocycles. The van der Waals surface area contributed by atoms with Crippen LogP contribution in [0.25, 0.3) is 0 Å². The normalized spacial score (nSPS) is 12.9. The Morgan fingerprint density at radius 1 is 1.30 bits per heavy atom. The van der Waals surface area contributed by atoms with Crippen molar-refractivity contribution in [2.45, 2.75) is 33.3 Å². The first-order valence-corrected chi connectivity index (χ1v) is 7.45. The van der Waals surface area contributed by atoms with Gasteiger partial charge in [0.15, 0.2) is 0 Å². The van der Waals surface area contributed by atoms with E-state index in [4.69, 9.17) is 0 Å². The van der Waals surface area contributed by atoms with Crippen molar-refractivity contribution in [2.75, 3.05) is 32.7 Å². The average Bonchev–Trinajstić information content (AvgIpc) is 2.45. The van der Waals surface area contributed by atoms with E-state index in [1.165, 1.54) is 6.07 Å². The molecule has 114 valence electrons. The van der Waals surface area contributed by atoms with Crippen LogP contribution in [0.3, 0.4) is 0 Å². The van der Waals surface area contributed by atoms with Gasteiger partial charge < -0.3 is 15.3 Å².